The summed E-state index contributed by atoms with van der Waals surface area (Å²) in [6, 6.07) is 9.99. The number of aliphatic hydroxyl groups excluding tert-OH is 1. The van der Waals surface area contributed by atoms with Gasteiger partial charge in [-0.1, -0.05) is 17.7 Å². The van der Waals surface area contributed by atoms with Crippen molar-refractivity contribution in [1.29, 1.82) is 0 Å². The molecular weight excluding hydrogens is 338 g/mol. The van der Waals surface area contributed by atoms with E-state index >= 15 is 0 Å². The minimum atomic E-state index is -0.203. The summed E-state index contributed by atoms with van der Waals surface area (Å²) < 4.78 is 0. The van der Waals surface area contributed by atoms with Crippen molar-refractivity contribution in [1.82, 2.24) is 9.97 Å². The molecule has 7 heteroatoms. The quantitative estimate of drug-likeness (QED) is 0.875. The van der Waals surface area contributed by atoms with Gasteiger partial charge in [0.2, 0.25) is 5.95 Å². The lowest BCUT2D eigenvalue weighted by Crippen LogP contribution is -2.47. The highest BCUT2D eigenvalue weighted by Gasteiger charge is 2.31. The number of halogens is 1. The lowest BCUT2D eigenvalue weighted by atomic mass is 9.80. The highest BCUT2D eigenvalue weighted by molar-refractivity contribution is 6.30. The van der Waals surface area contributed by atoms with Crippen LogP contribution >= 0.6 is 11.6 Å². The largest absolute Gasteiger partial charge is 0.393 e. The Morgan fingerprint density at radius 1 is 1.04 bits per heavy atom. The van der Waals surface area contributed by atoms with Gasteiger partial charge < -0.3 is 20.6 Å². The zero-order valence-electron chi connectivity index (χ0n) is 14.0. The monoisotopic (exact) mass is 359 g/mol. The summed E-state index contributed by atoms with van der Waals surface area (Å²) in [5.41, 5.74) is 8.02. The van der Waals surface area contributed by atoms with Crippen molar-refractivity contribution >= 4 is 29.1 Å². The van der Waals surface area contributed by atoms with Crippen molar-refractivity contribution in [2.75, 3.05) is 41.7 Å². The maximum absolute atomic E-state index is 9.52. The summed E-state index contributed by atoms with van der Waals surface area (Å²) in [6.07, 6.45) is 1.32. The van der Waals surface area contributed by atoms with Gasteiger partial charge in [0.05, 0.1) is 11.8 Å². The summed E-state index contributed by atoms with van der Waals surface area (Å²) >= 11 is 6.10. The van der Waals surface area contributed by atoms with Gasteiger partial charge >= 0.3 is 0 Å². The van der Waals surface area contributed by atoms with Gasteiger partial charge in [0, 0.05) is 48.9 Å². The fraction of sp³-hybridized carbons (Fsp3) is 0.444. The molecule has 2 fully saturated rings. The first-order chi connectivity index (χ1) is 12.1. The number of nitrogens with zero attached hydrogens (tertiary/aromatic N) is 4. The molecule has 1 saturated heterocycles. The van der Waals surface area contributed by atoms with Crippen LogP contribution in [0.2, 0.25) is 5.02 Å². The molecule has 0 spiro atoms. The zero-order chi connectivity index (χ0) is 17.4. The number of nitrogens with two attached hydrogens (primary N) is 1. The van der Waals surface area contributed by atoms with E-state index in [0.717, 1.165) is 61.2 Å². The Morgan fingerprint density at radius 3 is 2.44 bits per heavy atom. The number of nitrogen functional groups attached to an aromatic ring is 1. The maximum atomic E-state index is 9.52. The summed E-state index contributed by atoms with van der Waals surface area (Å²) in [5.74, 6) is 1.49. The molecule has 1 saturated carbocycles. The highest BCUT2D eigenvalue weighted by Crippen LogP contribution is 2.37. The van der Waals surface area contributed by atoms with E-state index in [1.54, 1.807) is 0 Å². The molecule has 132 valence electrons. The van der Waals surface area contributed by atoms with Crippen LogP contribution in [0.4, 0.5) is 17.5 Å². The van der Waals surface area contributed by atoms with Gasteiger partial charge in [-0.25, -0.2) is 4.98 Å². The Hall–Kier alpha value is -2.05. The first kappa shape index (κ1) is 16.4. The van der Waals surface area contributed by atoms with E-state index < -0.39 is 0 Å². The van der Waals surface area contributed by atoms with E-state index in [0.29, 0.717) is 11.9 Å². The Balaban J connectivity index is 1.45. The average molecular weight is 360 g/mol. The number of aliphatic hydroxyl groups is 1. The van der Waals surface area contributed by atoms with Crippen LogP contribution in [-0.2, 0) is 0 Å². The molecule has 1 aliphatic heterocycles. The van der Waals surface area contributed by atoms with Gasteiger partial charge in [-0.05, 0) is 31.0 Å². The minimum Gasteiger partial charge on any atom is -0.393 e. The fourth-order valence-corrected chi connectivity index (χ4v) is 3.72. The Morgan fingerprint density at radius 2 is 1.76 bits per heavy atom. The molecule has 6 nitrogen and oxygen atoms in total. The summed E-state index contributed by atoms with van der Waals surface area (Å²) in [5, 5.41) is 10.3. The molecule has 2 aliphatic rings. The molecule has 1 aromatic carbocycles. The topological polar surface area (TPSA) is 78.5 Å². The molecule has 0 atom stereocenters. The van der Waals surface area contributed by atoms with Crippen molar-refractivity contribution in [2.24, 2.45) is 0 Å². The Kier molecular flexibility index (Phi) is 4.39. The second-order valence-corrected chi connectivity index (χ2v) is 7.22. The molecule has 3 N–H and O–H groups in total. The second kappa shape index (κ2) is 6.69. The molecule has 0 radical (unpaired) electrons. The predicted octanol–water partition coefficient (Wildman–Crippen LogP) is 2.28. The van der Waals surface area contributed by atoms with E-state index in [9.17, 15) is 5.11 Å². The zero-order valence-corrected chi connectivity index (χ0v) is 14.7. The molecule has 0 unspecified atom stereocenters. The lowest BCUT2D eigenvalue weighted by Gasteiger charge is -2.37. The SMILES string of the molecule is Nc1nc(C2CC(O)C2)cc(N2CCN(c3cccc(Cl)c3)CC2)n1. The third kappa shape index (κ3) is 3.50. The molecule has 2 aromatic rings. The Bertz CT molecular complexity index is 757. The predicted molar refractivity (Wildman–Crippen MR) is 100 cm³/mol. The first-order valence-electron chi connectivity index (χ1n) is 8.66. The lowest BCUT2D eigenvalue weighted by molar-refractivity contribution is 0.0732. The van der Waals surface area contributed by atoms with Crippen LogP contribution in [0.5, 0.6) is 0 Å². The Labute approximate surface area is 152 Å². The van der Waals surface area contributed by atoms with E-state index in [-0.39, 0.29) is 6.10 Å². The highest BCUT2D eigenvalue weighted by atomic mass is 35.5. The van der Waals surface area contributed by atoms with Crippen molar-refractivity contribution in [2.45, 2.75) is 24.9 Å². The second-order valence-electron chi connectivity index (χ2n) is 6.79. The number of aromatic nitrogens is 2. The summed E-state index contributed by atoms with van der Waals surface area (Å²) in [6.45, 7) is 3.55. The minimum absolute atomic E-state index is 0.203. The molecule has 1 aromatic heterocycles. The normalized spacial score (nSPS) is 23.4. The average Bonchev–Trinajstić information content (AvgIpc) is 2.58. The van der Waals surface area contributed by atoms with Crippen LogP contribution in [0.3, 0.4) is 0 Å². The third-order valence-corrected chi connectivity index (χ3v) is 5.29. The van der Waals surface area contributed by atoms with Crippen LogP contribution in [0.25, 0.3) is 0 Å². The van der Waals surface area contributed by atoms with Crippen molar-refractivity contribution in [3.05, 3.63) is 41.0 Å². The summed E-state index contributed by atoms with van der Waals surface area (Å²) in [7, 11) is 0. The standard InChI is InChI=1S/C18H22ClN5O/c19-13-2-1-3-14(10-13)23-4-6-24(7-5-23)17-11-16(21-18(20)22-17)12-8-15(25)9-12/h1-3,10-12,15,25H,4-9H2,(H2,20,21,22). The van der Waals surface area contributed by atoms with Gasteiger partial charge in [0.1, 0.15) is 5.82 Å². The van der Waals surface area contributed by atoms with Crippen LogP contribution in [0.1, 0.15) is 24.5 Å². The number of rotatable bonds is 3. The van der Waals surface area contributed by atoms with E-state index in [2.05, 4.69) is 25.8 Å². The van der Waals surface area contributed by atoms with E-state index in [1.165, 1.54) is 0 Å². The molecule has 0 bridgehead atoms. The van der Waals surface area contributed by atoms with Gasteiger partial charge in [0.15, 0.2) is 0 Å². The third-order valence-electron chi connectivity index (χ3n) is 5.06. The van der Waals surface area contributed by atoms with E-state index in [4.69, 9.17) is 17.3 Å². The molecule has 4 rings (SSSR count). The van der Waals surface area contributed by atoms with E-state index in [1.807, 2.05) is 24.3 Å². The maximum Gasteiger partial charge on any atom is 0.222 e. The van der Waals surface area contributed by atoms with Crippen LogP contribution < -0.4 is 15.5 Å². The van der Waals surface area contributed by atoms with Gasteiger partial charge in [-0.3, -0.25) is 0 Å². The van der Waals surface area contributed by atoms with Crippen LogP contribution in [0.15, 0.2) is 30.3 Å². The molecule has 2 heterocycles. The van der Waals surface area contributed by atoms with Crippen LogP contribution in [0, 0.1) is 0 Å². The smallest absolute Gasteiger partial charge is 0.222 e. The number of hydrogen-bond donors (Lipinski definition) is 2. The molecule has 1 aliphatic carbocycles. The fourth-order valence-electron chi connectivity index (χ4n) is 3.54. The van der Waals surface area contributed by atoms with Gasteiger partial charge in [-0.15, -0.1) is 0 Å². The number of hydrogen-bond acceptors (Lipinski definition) is 6. The van der Waals surface area contributed by atoms with Gasteiger partial charge in [-0.2, -0.15) is 4.98 Å². The van der Waals surface area contributed by atoms with Crippen molar-refractivity contribution in [3.8, 4) is 0 Å². The number of benzene rings is 1. The number of piperazine rings is 1. The van der Waals surface area contributed by atoms with Crippen LogP contribution in [-0.4, -0.2) is 47.4 Å². The molecule has 0 amide bonds. The molecular formula is C18H22ClN5O. The first-order valence-corrected chi connectivity index (χ1v) is 9.04. The molecule has 25 heavy (non-hydrogen) atoms. The number of anilines is 3. The van der Waals surface area contributed by atoms with Gasteiger partial charge in [0.25, 0.3) is 0 Å². The summed E-state index contributed by atoms with van der Waals surface area (Å²) in [4.78, 5) is 13.4. The van der Waals surface area contributed by atoms with Crippen molar-refractivity contribution < 1.29 is 5.11 Å². The van der Waals surface area contributed by atoms with Crippen molar-refractivity contribution in [3.63, 3.8) is 0 Å².